The van der Waals surface area contributed by atoms with E-state index in [9.17, 15) is 9.59 Å². The normalized spacial score (nSPS) is 11.6. The Kier molecular flexibility index (Phi) is 5.77. The van der Waals surface area contributed by atoms with Crippen LogP contribution in [0.15, 0.2) is 48.5 Å². The first kappa shape index (κ1) is 17.0. The number of anilines is 1. The summed E-state index contributed by atoms with van der Waals surface area (Å²) in [6.45, 7) is 3.58. The number of ether oxygens (including phenoxy) is 1. The quantitative estimate of drug-likeness (QED) is 0.840. The molecular formula is C18H18ClNO3. The molecule has 2 aromatic rings. The summed E-state index contributed by atoms with van der Waals surface area (Å²) in [6.07, 6.45) is 0.00436. The summed E-state index contributed by atoms with van der Waals surface area (Å²) >= 11 is 5.94. The number of hydrogen-bond donors (Lipinski definition) is 1. The minimum absolute atomic E-state index is 0.237. The molecule has 0 aliphatic rings. The number of nitrogens with one attached hydrogen (secondary N) is 1. The number of carbonyl (C=O) groups excluding carboxylic acids is 2. The molecule has 23 heavy (non-hydrogen) atoms. The van der Waals surface area contributed by atoms with E-state index in [-0.39, 0.29) is 5.56 Å². The Bertz CT molecular complexity index is 698. The molecule has 120 valence electrons. The van der Waals surface area contributed by atoms with E-state index < -0.39 is 18.0 Å². The molecule has 1 N–H and O–H groups in total. The highest BCUT2D eigenvalue weighted by atomic mass is 35.5. The molecule has 2 rings (SSSR count). The van der Waals surface area contributed by atoms with Crippen molar-refractivity contribution in [3.05, 3.63) is 64.7 Å². The van der Waals surface area contributed by atoms with Gasteiger partial charge in [0.25, 0.3) is 5.91 Å². The highest BCUT2D eigenvalue weighted by Gasteiger charge is 2.20. The number of hydrogen-bond acceptors (Lipinski definition) is 3. The van der Waals surface area contributed by atoms with Gasteiger partial charge in [-0.1, -0.05) is 42.8 Å². The standard InChI is InChI=1S/C18H18ClNO3/c1-3-13-8-10-14(11-9-13)20-17(21)12(2)23-18(22)15-6-4-5-7-16(15)19/h4-12H,3H2,1-2H3,(H,20,21)/t12-/m0/s1. The van der Waals surface area contributed by atoms with E-state index in [1.54, 1.807) is 24.3 Å². The van der Waals surface area contributed by atoms with Crippen molar-refractivity contribution in [1.29, 1.82) is 0 Å². The average Bonchev–Trinajstić information content (AvgIpc) is 2.55. The van der Waals surface area contributed by atoms with Gasteiger partial charge >= 0.3 is 5.97 Å². The first-order valence-electron chi connectivity index (χ1n) is 7.36. The predicted octanol–water partition coefficient (Wildman–Crippen LogP) is 4.09. The minimum Gasteiger partial charge on any atom is -0.449 e. The van der Waals surface area contributed by atoms with Crippen molar-refractivity contribution in [3.8, 4) is 0 Å². The second-order valence-electron chi connectivity index (χ2n) is 5.07. The Morgan fingerprint density at radius 3 is 2.39 bits per heavy atom. The zero-order valence-electron chi connectivity index (χ0n) is 13.0. The highest BCUT2D eigenvalue weighted by Crippen LogP contribution is 2.17. The maximum Gasteiger partial charge on any atom is 0.340 e. The van der Waals surface area contributed by atoms with Gasteiger partial charge in [-0.15, -0.1) is 0 Å². The van der Waals surface area contributed by atoms with Crippen molar-refractivity contribution in [3.63, 3.8) is 0 Å². The molecule has 0 aliphatic carbocycles. The zero-order valence-corrected chi connectivity index (χ0v) is 13.8. The lowest BCUT2D eigenvalue weighted by molar-refractivity contribution is -0.123. The third-order valence-corrected chi connectivity index (χ3v) is 3.71. The van der Waals surface area contributed by atoms with E-state index in [0.29, 0.717) is 10.7 Å². The minimum atomic E-state index is -0.926. The van der Waals surface area contributed by atoms with E-state index in [1.807, 2.05) is 24.3 Å². The molecule has 0 heterocycles. The SMILES string of the molecule is CCc1ccc(NC(=O)[C@H](C)OC(=O)c2ccccc2Cl)cc1. The van der Waals surface area contributed by atoms with Crippen LogP contribution in [0, 0.1) is 0 Å². The largest absolute Gasteiger partial charge is 0.449 e. The van der Waals surface area contributed by atoms with Crippen molar-refractivity contribution in [1.82, 2.24) is 0 Å². The van der Waals surface area contributed by atoms with E-state index >= 15 is 0 Å². The first-order chi connectivity index (χ1) is 11.0. The lowest BCUT2D eigenvalue weighted by Crippen LogP contribution is -2.30. The Balaban J connectivity index is 1.96. The molecule has 0 bridgehead atoms. The Labute approximate surface area is 140 Å². The van der Waals surface area contributed by atoms with Gasteiger partial charge in [0.2, 0.25) is 0 Å². The Hall–Kier alpha value is -2.33. The fourth-order valence-electron chi connectivity index (χ4n) is 1.97. The molecule has 0 saturated carbocycles. The summed E-state index contributed by atoms with van der Waals surface area (Å²) < 4.78 is 5.16. The monoisotopic (exact) mass is 331 g/mol. The van der Waals surface area contributed by atoms with Crippen LogP contribution in [0.3, 0.4) is 0 Å². The zero-order chi connectivity index (χ0) is 16.8. The topological polar surface area (TPSA) is 55.4 Å². The summed E-state index contributed by atoms with van der Waals surface area (Å²) in [6, 6.07) is 14.1. The number of halogens is 1. The van der Waals surface area contributed by atoms with Crippen LogP contribution in [-0.4, -0.2) is 18.0 Å². The maximum atomic E-state index is 12.1. The van der Waals surface area contributed by atoms with Crippen LogP contribution < -0.4 is 5.32 Å². The second-order valence-corrected chi connectivity index (χ2v) is 5.47. The van der Waals surface area contributed by atoms with Crippen LogP contribution in [0.2, 0.25) is 5.02 Å². The number of rotatable bonds is 5. The molecule has 4 nitrogen and oxygen atoms in total. The van der Waals surface area contributed by atoms with Crippen molar-refractivity contribution >= 4 is 29.2 Å². The fraction of sp³-hybridized carbons (Fsp3) is 0.222. The van der Waals surface area contributed by atoms with Gasteiger partial charge in [-0.25, -0.2) is 4.79 Å². The van der Waals surface area contributed by atoms with Gasteiger partial charge in [0, 0.05) is 5.69 Å². The molecule has 0 radical (unpaired) electrons. The van der Waals surface area contributed by atoms with Crippen LogP contribution in [0.4, 0.5) is 5.69 Å². The first-order valence-corrected chi connectivity index (χ1v) is 7.74. The lowest BCUT2D eigenvalue weighted by Gasteiger charge is -2.14. The molecule has 5 heteroatoms. The second kappa shape index (κ2) is 7.79. The van der Waals surface area contributed by atoms with Crippen molar-refractivity contribution in [2.24, 2.45) is 0 Å². The Morgan fingerprint density at radius 1 is 1.13 bits per heavy atom. The van der Waals surface area contributed by atoms with E-state index in [2.05, 4.69) is 12.2 Å². The Morgan fingerprint density at radius 2 is 1.78 bits per heavy atom. The van der Waals surface area contributed by atoms with Crippen LogP contribution in [-0.2, 0) is 16.0 Å². The van der Waals surface area contributed by atoms with Crippen molar-refractivity contribution in [2.75, 3.05) is 5.32 Å². The van der Waals surface area contributed by atoms with E-state index in [0.717, 1.165) is 6.42 Å². The van der Waals surface area contributed by atoms with Gasteiger partial charge in [-0.2, -0.15) is 0 Å². The van der Waals surface area contributed by atoms with E-state index in [4.69, 9.17) is 16.3 Å². The fourth-order valence-corrected chi connectivity index (χ4v) is 2.18. The number of benzene rings is 2. The van der Waals surface area contributed by atoms with Gasteiger partial charge in [0.05, 0.1) is 10.6 Å². The van der Waals surface area contributed by atoms with Gasteiger partial charge in [0.1, 0.15) is 0 Å². The van der Waals surface area contributed by atoms with Crippen LogP contribution in [0.25, 0.3) is 0 Å². The summed E-state index contributed by atoms with van der Waals surface area (Å²) in [4.78, 5) is 24.1. The summed E-state index contributed by atoms with van der Waals surface area (Å²) in [5.74, 6) is -1.02. The summed E-state index contributed by atoms with van der Waals surface area (Å²) in [5.41, 5.74) is 2.08. The van der Waals surface area contributed by atoms with Crippen molar-refractivity contribution in [2.45, 2.75) is 26.4 Å². The van der Waals surface area contributed by atoms with Crippen molar-refractivity contribution < 1.29 is 14.3 Å². The third-order valence-electron chi connectivity index (χ3n) is 3.38. The molecule has 0 saturated heterocycles. The number of aryl methyl sites for hydroxylation is 1. The highest BCUT2D eigenvalue weighted by molar-refractivity contribution is 6.33. The molecule has 2 aromatic carbocycles. The number of esters is 1. The maximum absolute atomic E-state index is 12.1. The predicted molar refractivity (Wildman–Crippen MR) is 90.8 cm³/mol. The van der Waals surface area contributed by atoms with Gasteiger partial charge in [-0.05, 0) is 43.2 Å². The van der Waals surface area contributed by atoms with Crippen LogP contribution in [0.5, 0.6) is 0 Å². The van der Waals surface area contributed by atoms with Crippen LogP contribution >= 0.6 is 11.6 Å². The number of amides is 1. The molecular weight excluding hydrogens is 314 g/mol. The molecule has 0 aliphatic heterocycles. The van der Waals surface area contributed by atoms with Gasteiger partial charge in [-0.3, -0.25) is 4.79 Å². The van der Waals surface area contributed by atoms with E-state index in [1.165, 1.54) is 12.5 Å². The lowest BCUT2D eigenvalue weighted by atomic mass is 10.1. The van der Waals surface area contributed by atoms with Gasteiger partial charge < -0.3 is 10.1 Å². The molecule has 1 amide bonds. The molecule has 1 atom stereocenters. The third kappa shape index (κ3) is 4.57. The number of carbonyl (C=O) groups is 2. The van der Waals surface area contributed by atoms with Gasteiger partial charge in [0.15, 0.2) is 6.10 Å². The average molecular weight is 332 g/mol. The molecule has 0 aromatic heterocycles. The smallest absolute Gasteiger partial charge is 0.340 e. The summed E-state index contributed by atoms with van der Waals surface area (Å²) in [5, 5.41) is 3.01. The molecule has 0 spiro atoms. The molecule has 0 unspecified atom stereocenters. The van der Waals surface area contributed by atoms with Crippen LogP contribution in [0.1, 0.15) is 29.8 Å². The summed E-state index contributed by atoms with van der Waals surface area (Å²) in [7, 11) is 0. The molecule has 0 fully saturated rings.